The third-order valence-electron chi connectivity index (χ3n) is 1.91. The number of allylic oxidation sites excluding steroid dienone is 2. The summed E-state index contributed by atoms with van der Waals surface area (Å²) in [6, 6.07) is 0. The largest absolute Gasteiger partial charge is 0.497 e. The first-order valence-corrected chi connectivity index (χ1v) is 6.09. The van der Waals surface area contributed by atoms with Crippen molar-refractivity contribution in [1.29, 1.82) is 0 Å². The molecular weight excluding hydrogens is 212 g/mol. The Hall–Kier alpha value is -1.29. The first kappa shape index (κ1) is 13.7. The van der Waals surface area contributed by atoms with Gasteiger partial charge in [-0.1, -0.05) is 19.7 Å². The Morgan fingerprint density at radius 1 is 1.27 bits per heavy atom. The van der Waals surface area contributed by atoms with Gasteiger partial charge >= 0.3 is 0 Å². The molecule has 3 nitrogen and oxygen atoms in total. The SMILES string of the molecule is C=C(OC)C(=C)/C(C)=C\C(=C)S(C)(=O)=O. The molecule has 0 saturated carbocycles. The van der Waals surface area contributed by atoms with Gasteiger partial charge in [0, 0.05) is 11.8 Å². The van der Waals surface area contributed by atoms with E-state index in [-0.39, 0.29) is 4.91 Å². The number of hydrogen-bond acceptors (Lipinski definition) is 3. The molecule has 0 aromatic carbocycles. The number of rotatable bonds is 5. The minimum Gasteiger partial charge on any atom is -0.497 e. The topological polar surface area (TPSA) is 43.4 Å². The van der Waals surface area contributed by atoms with Crippen LogP contribution < -0.4 is 0 Å². The Balaban J connectivity index is 4.96. The van der Waals surface area contributed by atoms with E-state index in [9.17, 15) is 8.42 Å². The standard InChI is InChI=1S/C11H16O3S/c1-8(10(3)11(4)14-5)7-9(2)15(6,12)13/h7H,2-4H2,1,5-6H3/b8-7-. The maximum Gasteiger partial charge on any atom is 0.174 e. The van der Waals surface area contributed by atoms with Gasteiger partial charge in [-0.3, -0.25) is 0 Å². The van der Waals surface area contributed by atoms with Crippen molar-refractivity contribution < 1.29 is 13.2 Å². The highest BCUT2D eigenvalue weighted by atomic mass is 32.2. The first-order valence-electron chi connectivity index (χ1n) is 4.20. The van der Waals surface area contributed by atoms with Gasteiger partial charge in [0.2, 0.25) is 0 Å². The molecule has 0 aliphatic heterocycles. The van der Waals surface area contributed by atoms with Gasteiger partial charge in [-0.25, -0.2) is 8.42 Å². The monoisotopic (exact) mass is 228 g/mol. The Kier molecular flexibility index (Phi) is 4.55. The lowest BCUT2D eigenvalue weighted by atomic mass is 10.1. The van der Waals surface area contributed by atoms with E-state index in [0.29, 0.717) is 16.9 Å². The summed E-state index contributed by atoms with van der Waals surface area (Å²) in [6.45, 7) is 12.5. The van der Waals surface area contributed by atoms with Crippen LogP contribution >= 0.6 is 0 Å². The van der Waals surface area contributed by atoms with E-state index in [1.165, 1.54) is 13.2 Å². The molecule has 0 saturated heterocycles. The van der Waals surface area contributed by atoms with Gasteiger partial charge in [0.05, 0.1) is 12.0 Å². The van der Waals surface area contributed by atoms with E-state index in [1.807, 2.05) is 0 Å². The Bertz CT molecular complexity index is 425. The smallest absolute Gasteiger partial charge is 0.174 e. The lowest BCUT2D eigenvalue weighted by Gasteiger charge is -2.08. The molecule has 0 N–H and O–H groups in total. The molecule has 0 bridgehead atoms. The molecule has 0 aliphatic carbocycles. The molecule has 0 fully saturated rings. The minimum absolute atomic E-state index is 0.0463. The Morgan fingerprint density at radius 3 is 2.07 bits per heavy atom. The van der Waals surface area contributed by atoms with Gasteiger partial charge < -0.3 is 4.74 Å². The molecule has 84 valence electrons. The predicted octanol–water partition coefficient (Wildman–Crippen LogP) is 2.21. The molecular formula is C11H16O3S. The fraction of sp³-hybridized carbons (Fsp3) is 0.273. The van der Waals surface area contributed by atoms with Gasteiger partial charge in [0.1, 0.15) is 5.76 Å². The molecule has 15 heavy (non-hydrogen) atoms. The Morgan fingerprint density at radius 2 is 1.73 bits per heavy atom. The minimum atomic E-state index is -3.25. The third-order valence-corrected chi connectivity index (χ3v) is 2.98. The van der Waals surface area contributed by atoms with E-state index in [1.54, 1.807) is 6.92 Å². The summed E-state index contributed by atoms with van der Waals surface area (Å²) in [5.74, 6) is 0.407. The maximum absolute atomic E-state index is 11.1. The fourth-order valence-corrected chi connectivity index (χ4v) is 1.17. The summed E-state index contributed by atoms with van der Waals surface area (Å²) < 4.78 is 27.1. The van der Waals surface area contributed by atoms with Crippen molar-refractivity contribution >= 4 is 9.84 Å². The van der Waals surface area contributed by atoms with Crippen molar-refractivity contribution in [3.05, 3.63) is 47.6 Å². The second-order valence-electron chi connectivity index (χ2n) is 3.17. The summed E-state index contributed by atoms with van der Waals surface area (Å²) in [6.07, 6.45) is 2.55. The molecule has 0 unspecified atom stereocenters. The zero-order valence-corrected chi connectivity index (χ0v) is 10.1. The average Bonchev–Trinajstić information content (AvgIpc) is 2.13. The Labute approximate surface area is 91.4 Å². The van der Waals surface area contributed by atoms with Crippen molar-refractivity contribution in [2.45, 2.75) is 6.92 Å². The van der Waals surface area contributed by atoms with Crippen LogP contribution in [0.1, 0.15) is 6.92 Å². The van der Waals surface area contributed by atoms with Crippen LogP contribution in [0.3, 0.4) is 0 Å². The molecule has 0 rings (SSSR count). The van der Waals surface area contributed by atoms with Crippen LogP contribution in [-0.2, 0) is 14.6 Å². The summed E-state index contributed by atoms with van der Waals surface area (Å²) in [7, 11) is -1.77. The second kappa shape index (κ2) is 4.98. The molecule has 0 atom stereocenters. The number of sulfone groups is 1. The van der Waals surface area contributed by atoms with E-state index in [4.69, 9.17) is 4.74 Å². The van der Waals surface area contributed by atoms with Gasteiger partial charge in [0.25, 0.3) is 0 Å². The van der Waals surface area contributed by atoms with Crippen molar-refractivity contribution in [1.82, 2.24) is 0 Å². The maximum atomic E-state index is 11.1. The summed E-state index contributed by atoms with van der Waals surface area (Å²) in [4.78, 5) is 0.0463. The van der Waals surface area contributed by atoms with E-state index >= 15 is 0 Å². The van der Waals surface area contributed by atoms with Crippen LogP contribution in [0.4, 0.5) is 0 Å². The zero-order chi connectivity index (χ0) is 12.2. The van der Waals surface area contributed by atoms with Crippen LogP contribution in [0.15, 0.2) is 47.6 Å². The van der Waals surface area contributed by atoms with Crippen LogP contribution in [0.2, 0.25) is 0 Å². The molecule has 4 heteroatoms. The molecule has 0 aromatic rings. The quantitative estimate of drug-likeness (QED) is 0.535. The highest BCUT2D eigenvalue weighted by molar-refractivity contribution is 7.94. The number of hydrogen-bond donors (Lipinski definition) is 0. The lowest BCUT2D eigenvalue weighted by Crippen LogP contribution is -1.99. The fourth-order valence-electron chi connectivity index (χ4n) is 0.779. The van der Waals surface area contributed by atoms with Crippen LogP contribution in [-0.4, -0.2) is 21.8 Å². The van der Waals surface area contributed by atoms with E-state index in [0.717, 1.165) is 6.26 Å². The van der Waals surface area contributed by atoms with Crippen LogP contribution in [0.5, 0.6) is 0 Å². The lowest BCUT2D eigenvalue weighted by molar-refractivity contribution is 0.304. The molecule has 0 amide bonds. The summed E-state index contributed by atoms with van der Waals surface area (Å²) in [5.41, 5.74) is 1.22. The highest BCUT2D eigenvalue weighted by Gasteiger charge is 2.08. The number of ether oxygens (including phenoxy) is 1. The third kappa shape index (κ3) is 4.16. The summed E-state index contributed by atoms with van der Waals surface area (Å²) in [5, 5.41) is 0. The number of methoxy groups -OCH3 is 1. The second-order valence-corrected chi connectivity index (χ2v) is 5.24. The highest BCUT2D eigenvalue weighted by Crippen LogP contribution is 2.18. The summed E-state index contributed by atoms with van der Waals surface area (Å²) >= 11 is 0. The first-order chi connectivity index (χ1) is 6.70. The molecule has 0 spiro atoms. The van der Waals surface area contributed by atoms with Gasteiger partial charge in [-0.2, -0.15) is 0 Å². The van der Waals surface area contributed by atoms with Gasteiger partial charge in [-0.15, -0.1) is 0 Å². The van der Waals surface area contributed by atoms with Gasteiger partial charge in [-0.05, 0) is 18.6 Å². The molecule has 0 radical (unpaired) electrons. The van der Waals surface area contributed by atoms with Crippen molar-refractivity contribution in [2.24, 2.45) is 0 Å². The molecule has 0 aromatic heterocycles. The average molecular weight is 228 g/mol. The van der Waals surface area contributed by atoms with Gasteiger partial charge in [0.15, 0.2) is 9.84 Å². The van der Waals surface area contributed by atoms with Crippen molar-refractivity contribution in [2.75, 3.05) is 13.4 Å². The normalized spacial score (nSPS) is 12.1. The zero-order valence-electron chi connectivity index (χ0n) is 9.33. The van der Waals surface area contributed by atoms with E-state index < -0.39 is 9.84 Å². The van der Waals surface area contributed by atoms with E-state index in [2.05, 4.69) is 19.7 Å². The van der Waals surface area contributed by atoms with Crippen molar-refractivity contribution in [3.8, 4) is 0 Å². The van der Waals surface area contributed by atoms with Crippen molar-refractivity contribution in [3.63, 3.8) is 0 Å². The predicted molar refractivity (Wildman–Crippen MR) is 63.0 cm³/mol. The van der Waals surface area contributed by atoms with Crippen LogP contribution in [0.25, 0.3) is 0 Å². The molecule has 0 aliphatic rings. The van der Waals surface area contributed by atoms with Crippen LogP contribution in [0, 0.1) is 0 Å². The molecule has 0 heterocycles.